The van der Waals surface area contributed by atoms with Crippen LogP contribution in [0.2, 0.25) is 0 Å². The second kappa shape index (κ2) is 8.56. The van der Waals surface area contributed by atoms with Crippen molar-refractivity contribution in [2.45, 2.75) is 102 Å². The molecule has 3 saturated carbocycles. The van der Waals surface area contributed by atoms with Gasteiger partial charge < -0.3 is 5.32 Å². The lowest BCUT2D eigenvalue weighted by Crippen LogP contribution is -2.40. The zero-order valence-electron chi connectivity index (χ0n) is 14.1. The van der Waals surface area contributed by atoms with Gasteiger partial charge in [0.15, 0.2) is 0 Å². The Morgan fingerprint density at radius 3 is 1.48 bits per heavy atom. The molecule has 3 rings (SSSR count). The molecule has 0 aromatic heterocycles. The lowest BCUT2D eigenvalue weighted by molar-refractivity contribution is 0.135. The molecule has 1 N–H and O–H groups in total. The summed E-state index contributed by atoms with van der Waals surface area (Å²) in [5.41, 5.74) is 0. The average molecular weight is 292 g/mol. The molecule has 0 unspecified atom stereocenters. The van der Waals surface area contributed by atoms with E-state index in [-0.39, 0.29) is 0 Å². The molecule has 1 nitrogen and oxygen atoms in total. The van der Waals surface area contributed by atoms with Crippen molar-refractivity contribution in [1.29, 1.82) is 0 Å². The van der Waals surface area contributed by atoms with E-state index in [2.05, 4.69) is 5.32 Å². The Balaban J connectivity index is 1.54. The Morgan fingerprint density at radius 1 is 0.571 bits per heavy atom. The number of hydrogen-bond donors (Lipinski definition) is 1. The van der Waals surface area contributed by atoms with Crippen LogP contribution in [0.25, 0.3) is 0 Å². The summed E-state index contributed by atoms with van der Waals surface area (Å²) in [4.78, 5) is 0. The Morgan fingerprint density at radius 2 is 1.00 bits per heavy atom. The van der Waals surface area contributed by atoms with Gasteiger partial charge >= 0.3 is 0 Å². The molecule has 0 spiro atoms. The molecule has 0 bridgehead atoms. The van der Waals surface area contributed by atoms with E-state index in [1.807, 2.05) is 0 Å². The third-order valence-electron chi connectivity index (χ3n) is 6.76. The lowest BCUT2D eigenvalue weighted by atomic mass is 9.69. The zero-order chi connectivity index (χ0) is 14.3. The van der Waals surface area contributed by atoms with Crippen LogP contribution in [0.4, 0.5) is 0 Å². The molecular weight excluding hydrogens is 254 g/mol. The highest BCUT2D eigenvalue weighted by molar-refractivity contribution is 4.84. The minimum atomic E-state index is 0.855. The molecule has 122 valence electrons. The van der Waals surface area contributed by atoms with Gasteiger partial charge in [-0.3, -0.25) is 0 Å². The van der Waals surface area contributed by atoms with Gasteiger partial charge in [0.05, 0.1) is 0 Å². The van der Waals surface area contributed by atoms with Gasteiger partial charge in [-0.15, -0.1) is 0 Å². The van der Waals surface area contributed by atoms with Gasteiger partial charge in [0.2, 0.25) is 0 Å². The fraction of sp³-hybridized carbons (Fsp3) is 1.00. The number of hydrogen-bond acceptors (Lipinski definition) is 1. The van der Waals surface area contributed by atoms with Crippen molar-refractivity contribution in [3.8, 4) is 0 Å². The van der Waals surface area contributed by atoms with E-state index in [1.165, 1.54) is 103 Å². The third kappa shape index (κ3) is 4.71. The molecule has 0 aliphatic heterocycles. The quantitative estimate of drug-likeness (QED) is 0.686. The summed E-state index contributed by atoms with van der Waals surface area (Å²) in [5.74, 6) is 3.11. The average Bonchev–Trinajstić information content (AvgIpc) is 2.58. The Kier molecular flexibility index (Phi) is 6.45. The predicted molar refractivity (Wildman–Crippen MR) is 91.5 cm³/mol. The van der Waals surface area contributed by atoms with Crippen molar-refractivity contribution in [3.63, 3.8) is 0 Å². The Bertz CT molecular complexity index is 252. The smallest absolute Gasteiger partial charge is 0.00671 e. The van der Waals surface area contributed by atoms with Crippen LogP contribution in [0.3, 0.4) is 0 Å². The monoisotopic (exact) mass is 291 g/mol. The van der Waals surface area contributed by atoms with Crippen molar-refractivity contribution in [2.75, 3.05) is 6.54 Å². The minimum Gasteiger partial charge on any atom is -0.314 e. The summed E-state index contributed by atoms with van der Waals surface area (Å²) < 4.78 is 0. The SMILES string of the molecule is C1CCC(NCC(C2CCCCC2)C2CCCCC2)CC1. The number of nitrogens with one attached hydrogen (secondary N) is 1. The minimum absolute atomic E-state index is 0.855. The first-order chi connectivity index (χ1) is 10.4. The van der Waals surface area contributed by atoms with E-state index < -0.39 is 0 Å². The lowest BCUT2D eigenvalue weighted by Gasteiger charge is -2.39. The molecule has 0 aromatic carbocycles. The second-order valence-electron chi connectivity index (χ2n) is 8.20. The standard InChI is InChI=1S/C20H37N/c1-4-10-17(11-5-1)20(18-12-6-2-7-13-18)16-21-19-14-8-3-9-15-19/h17-21H,1-16H2. The van der Waals surface area contributed by atoms with Gasteiger partial charge in [-0.05, 0) is 37.1 Å². The van der Waals surface area contributed by atoms with Crippen LogP contribution >= 0.6 is 0 Å². The van der Waals surface area contributed by atoms with Gasteiger partial charge in [0.25, 0.3) is 0 Å². The maximum atomic E-state index is 4.02. The first kappa shape index (κ1) is 15.8. The molecule has 3 fully saturated rings. The zero-order valence-corrected chi connectivity index (χ0v) is 14.1. The highest BCUT2D eigenvalue weighted by Crippen LogP contribution is 2.39. The van der Waals surface area contributed by atoms with Crippen molar-refractivity contribution in [1.82, 2.24) is 5.32 Å². The summed E-state index contributed by atoms with van der Waals surface area (Å²) in [7, 11) is 0. The largest absolute Gasteiger partial charge is 0.314 e. The van der Waals surface area contributed by atoms with Gasteiger partial charge in [0, 0.05) is 6.04 Å². The van der Waals surface area contributed by atoms with Gasteiger partial charge in [0.1, 0.15) is 0 Å². The van der Waals surface area contributed by atoms with Gasteiger partial charge in [-0.2, -0.15) is 0 Å². The third-order valence-corrected chi connectivity index (χ3v) is 6.76. The number of rotatable bonds is 5. The van der Waals surface area contributed by atoms with E-state index in [0.717, 1.165) is 23.8 Å². The molecule has 0 radical (unpaired) electrons. The van der Waals surface area contributed by atoms with E-state index in [0.29, 0.717) is 0 Å². The van der Waals surface area contributed by atoms with Gasteiger partial charge in [-0.1, -0.05) is 83.5 Å². The van der Waals surface area contributed by atoms with E-state index >= 15 is 0 Å². The van der Waals surface area contributed by atoms with Crippen LogP contribution in [0, 0.1) is 17.8 Å². The fourth-order valence-electron chi connectivity index (χ4n) is 5.45. The van der Waals surface area contributed by atoms with E-state index in [9.17, 15) is 0 Å². The molecule has 1 heteroatoms. The molecule has 0 heterocycles. The highest BCUT2D eigenvalue weighted by atomic mass is 14.9. The summed E-state index contributed by atoms with van der Waals surface area (Å²) >= 11 is 0. The van der Waals surface area contributed by atoms with E-state index in [4.69, 9.17) is 0 Å². The summed E-state index contributed by atoms with van der Waals surface area (Å²) in [6, 6.07) is 0.855. The molecule has 0 aromatic rings. The summed E-state index contributed by atoms with van der Waals surface area (Å²) in [6.07, 6.45) is 22.5. The second-order valence-corrected chi connectivity index (χ2v) is 8.20. The van der Waals surface area contributed by atoms with Crippen molar-refractivity contribution in [3.05, 3.63) is 0 Å². The van der Waals surface area contributed by atoms with Crippen LogP contribution in [0.5, 0.6) is 0 Å². The predicted octanol–water partition coefficient (Wildman–Crippen LogP) is 5.69. The maximum absolute atomic E-state index is 4.02. The fourth-order valence-corrected chi connectivity index (χ4v) is 5.45. The molecule has 21 heavy (non-hydrogen) atoms. The molecule has 3 aliphatic carbocycles. The van der Waals surface area contributed by atoms with Crippen LogP contribution in [0.15, 0.2) is 0 Å². The van der Waals surface area contributed by atoms with Crippen LogP contribution in [-0.2, 0) is 0 Å². The first-order valence-electron chi connectivity index (χ1n) is 10.2. The van der Waals surface area contributed by atoms with Crippen molar-refractivity contribution >= 4 is 0 Å². The topological polar surface area (TPSA) is 12.0 Å². The van der Waals surface area contributed by atoms with Crippen molar-refractivity contribution in [2.24, 2.45) is 17.8 Å². The van der Waals surface area contributed by atoms with Crippen LogP contribution in [0.1, 0.15) is 96.3 Å². The van der Waals surface area contributed by atoms with Crippen molar-refractivity contribution < 1.29 is 0 Å². The Hall–Kier alpha value is -0.0400. The molecule has 0 amide bonds. The molecule has 3 aliphatic rings. The van der Waals surface area contributed by atoms with E-state index in [1.54, 1.807) is 0 Å². The molecule has 0 saturated heterocycles. The normalized spacial score (nSPS) is 27.3. The molecule has 0 atom stereocenters. The molecular formula is C20H37N. The highest BCUT2D eigenvalue weighted by Gasteiger charge is 2.31. The summed E-state index contributed by atoms with van der Waals surface area (Å²) in [6.45, 7) is 1.35. The Labute approximate surface area is 132 Å². The maximum Gasteiger partial charge on any atom is 0.00671 e. The van der Waals surface area contributed by atoms with Gasteiger partial charge in [-0.25, -0.2) is 0 Å². The first-order valence-corrected chi connectivity index (χ1v) is 10.2. The van der Waals surface area contributed by atoms with Crippen LogP contribution < -0.4 is 5.32 Å². The van der Waals surface area contributed by atoms with Crippen LogP contribution in [-0.4, -0.2) is 12.6 Å². The summed E-state index contributed by atoms with van der Waals surface area (Å²) in [5, 5.41) is 4.02.